The molecule has 2 unspecified atom stereocenters. The number of imidazole rings is 1. The molecule has 0 saturated carbocycles. The Morgan fingerprint density at radius 3 is 2.47 bits per heavy atom. The summed E-state index contributed by atoms with van der Waals surface area (Å²) in [5.41, 5.74) is 6.98. The van der Waals surface area contributed by atoms with Gasteiger partial charge >= 0.3 is 0 Å². The van der Waals surface area contributed by atoms with E-state index >= 15 is 0 Å². The summed E-state index contributed by atoms with van der Waals surface area (Å²) in [5.74, 6) is -0.722. The van der Waals surface area contributed by atoms with Crippen LogP contribution in [0.4, 0.5) is 8.78 Å². The number of amides is 1. The lowest BCUT2D eigenvalue weighted by Gasteiger charge is -2.40. The van der Waals surface area contributed by atoms with Crippen molar-refractivity contribution in [3.8, 4) is 11.3 Å². The summed E-state index contributed by atoms with van der Waals surface area (Å²) in [7, 11) is 1.48. The van der Waals surface area contributed by atoms with Crippen LogP contribution in [0.1, 0.15) is 51.5 Å². The molecule has 194 valence electrons. The summed E-state index contributed by atoms with van der Waals surface area (Å²) in [6.07, 6.45) is 2.32. The maximum absolute atomic E-state index is 14.7. The Morgan fingerprint density at radius 1 is 1.17 bits per heavy atom. The van der Waals surface area contributed by atoms with Crippen molar-refractivity contribution in [2.45, 2.75) is 52.7 Å². The fourth-order valence-corrected chi connectivity index (χ4v) is 4.32. The van der Waals surface area contributed by atoms with Crippen molar-refractivity contribution in [2.24, 2.45) is 11.1 Å². The molecule has 3 rings (SSSR count). The molecule has 0 spiro atoms. The Kier molecular flexibility index (Phi) is 8.98. The van der Waals surface area contributed by atoms with Crippen molar-refractivity contribution in [1.29, 1.82) is 0 Å². The standard InChI is InChI=1S/C28H36F2N4O2/c1-19(31)13-14-34(25(35)18-36-5)26(28(2,3)4)27-32-24(22-15-21(29)11-12-23(22)30)17-33(27)16-20-9-7-6-8-10-20/h6-12,15,17,19,26H,13-14,16,18,31H2,1-5H3. The fourth-order valence-electron chi connectivity index (χ4n) is 4.32. The van der Waals surface area contributed by atoms with Crippen LogP contribution in [0.25, 0.3) is 11.3 Å². The normalized spacial score (nSPS) is 13.4. The van der Waals surface area contributed by atoms with Crippen LogP contribution in [-0.4, -0.2) is 46.7 Å². The van der Waals surface area contributed by atoms with Crippen LogP contribution < -0.4 is 5.73 Å². The van der Waals surface area contributed by atoms with E-state index in [4.69, 9.17) is 15.5 Å². The first kappa shape index (κ1) is 27.5. The number of carbonyl (C=O) groups is 1. The molecule has 0 aliphatic heterocycles. The second-order valence-electron chi connectivity index (χ2n) is 10.3. The van der Waals surface area contributed by atoms with E-state index < -0.39 is 23.1 Å². The Bertz CT molecular complexity index is 1160. The first-order chi connectivity index (χ1) is 17.0. The van der Waals surface area contributed by atoms with Gasteiger partial charge < -0.3 is 19.9 Å². The molecule has 0 radical (unpaired) electrons. The lowest BCUT2D eigenvalue weighted by atomic mass is 9.84. The first-order valence-corrected chi connectivity index (χ1v) is 12.1. The molecule has 0 aliphatic rings. The van der Waals surface area contributed by atoms with Crippen molar-refractivity contribution in [3.63, 3.8) is 0 Å². The van der Waals surface area contributed by atoms with Crippen LogP contribution in [0.5, 0.6) is 0 Å². The topological polar surface area (TPSA) is 73.4 Å². The van der Waals surface area contributed by atoms with Crippen molar-refractivity contribution < 1.29 is 18.3 Å². The van der Waals surface area contributed by atoms with E-state index in [1.54, 1.807) is 11.1 Å². The quantitative estimate of drug-likeness (QED) is 0.418. The van der Waals surface area contributed by atoms with Gasteiger partial charge in [0.1, 0.15) is 24.1 Å². The molecule has 0 aliphatic carbocycles. The predicted octanol–water partition coefficient (Wildman–Crippen LogP) is 5.18. The molecule has 0 bridgehead atoms. The minimum absolute atomic E-state index is 0.0704. The van der Waals surface area contributed by atoms with Gasteiger partial charge in [-0.15, -0.1) is 0 Å². The number of aromatic nitrogens is 2. The maximum atomic E-state index is 14.7. The Balaban J connectivity index is 2.20. The summed E-state index contributed by atoms with van der Waals surface area (Å²) in [6, 6.07) is 12.5. The molecule has 3 aromatic rings. The van der Waals surface area contributed by atoms with Crippen LogP contribution in [0.2, 0.25) is 0 Å². The highest BCUT2D eigenvalue weighted by molar-refractivity contribution is 5.78. The van der Waals surface area contributed by atoms with E-state index in [0.29, 0.717) is 31.0 Å². The molecule has 36 heavy (non-hydrogen) atoms. The van der Waals surface area contributed by atoms with Gasteiger partial charge in [0.05, 0.1) is 11.7 Å². The highest BCUT2D eigenvalue weighted by atomic mass is 19.1. The number of nitrogens with zero attached hydrogens (tertiary/aromatic N) is 3. The second-order valence-corrected chi connectivity index (χ2v) is 10.3. The van der Waals surface area contributed by atoms with Gasteiger partial charge in [-0.05, 0) is 42.5 Å². The molecule has 8 heteroatoms. The average molecular weight is 499 g/mol. The lowest BCUT2D eigenvalue weighted by molar-refractivity contribution is -0.140. The molecule has 2 atom stereocenters. The maximum Gasteiger partial charge on any atom is 0.249 e. The largest absolute Gasteiger partial charge is 0.375 e. The molecule has 2 N–H and O–H groups in total. The van der Waals surface area contributed by atoms with Crippen LogP contribution >= 0.6 is 0 Å². The van der Waals surface area contributed by atoms with Gasteiger partial charge in [-0.25, -0.2) is 13.8 Å². The number of methoxy groups -OCH3 is 1. The van der Waals surface area contributed by atoms with Gasteiger partial charge in [0.25, 0.3) is 0 Å². The summed E-state index contributed by atoms with van der Waals surface area (Å²) >= 11 is 0. The minimum atomic E-state index is -0.566. The van der Waals surface area contributed by atoms with Crippen molar-refractivity contribution in [2.75, 3.05) is 20.3 Å². The Hall–Kier alpha value is -3.10. The number of ether oxygens (including phenoxy) is 1. The van der Waals surface area contributed by atoms with Gasteiger partial charge in [-0.1, -0.05) is 51.1 Å². The van der Waals surface area contributed by atoms with E-state index in [2.05, 4.69) is 0 Å². The highest BCUT2D eigenvalue weighted by Crippen LogP contribution is 2.39. The number of halogens is 2. The number of nitrogens with two attached hydrogens (primary N) is 1. The van der Waals surface area contributed by atoms with Gasteiger partial charge in [0.15, 0.2) is 0 Å². The summed E-state index contributed by atoms with van der Waals surface area (Å²) in [4.78, 5) is 19.9. The minimum Gasteiger partial charge on any atom is -0.375 e. The summed E-state index contributed by atoms with van der Waals surface area (Å²) < 4.78 is 35.9. The monoisotopic (exact) mass is 498 g/mol. The molecule has 6 nitrogen and oxygen atoms in total. The zero-order valence-corrected chi connectivity index (χ0v) is 21.7. The highest BCUT2D eigenvalue weighted by Gasteiger charge is 2.38. The van der Waals surface area contributed by atoms with E-state index in [-0.39, 0.29) is 24.1 Å². The first-order valence-electron chi connectivity index (χ1n) is 12.1. The zero-order chi connectivity index (χ0) is 26.5. The number of hydrogen-bond donors (Lipinski definition) is 1. The van der Waals surface area contributed by atoms with Gasteiger partial charge in [-0.2, -0.15) is 0 Å². The van der Waals surface area contributed by atoms with Gasteiger partial charge in [0.2, 0.25) is 5.91 Å². The van der Waals surface area contributed by atoms with Crippen molar-refractivity contribution >= 4 is 5.91 Å². The molecule has 2 aromatic carbocycles. The molecule has 1 amide bonds. The number of carbonyl (C=O) groups excluding carboxylic acids is 1. The van der Waals surface area contributed by atoms with E-state index in [9.17, 15) is 13.6 Å². The van der Waals surface area contributed by atoms with Crippen molar-refractivity contribution in [3.05, 3.63) is 77.8 Å². The van der Waals surface area contributed by atoms with Crippen LogP contribution in [-0.2, 0) is 16.1 Å². The molecule has 1 aromatic heterocycles. The van der Waals surface area contributed by atoms with Crippen molar-refractivity contribution in [1.82, 2.24) is 14.5 Å². The molecular formula is C28H36F2N4O2. The van der Waals surface area contributed by atoms with Crippen LogP contribution in [0.15, 0.2) is 54.7 Å². The number of hydrogen-bond acceptors (Lipinski definition) is 4. The third-order valence-corrected chi connectivity index (χ3v) is 6.00. The number of benzene rings is 2. The predicted molar refractivity (Wildman–Crippen MR) is 137 cm³/mol. The van der Waals surface area contributed by atoms with E-state index in [0.717, 1.165) is 23.8 Å². The van der Waals surface area contributed by atoms with Gasteiger partial charge in [0, 0.05) is 38.0 Å². The van der Waals surface area contributed by atoms with Crippen LogP contribution in [0.3, 0.4) is 0 Å². The van der Waals surface area contributed by atoms with Crippen LogP contribution in [0, 0.1) is 17.0 Å². The second kappa shape index (κ2) is 11.8. The third-order valence-electron chi connectivity index (χ3n) is 6.00. The Labute approximate surface area is 212 Å². The fraction of sp³-hybridized carbons (Fsp3) is 0.429. The van der Waals surface area contributed by atoms with Gasteiger partial charge in [-0.3, -0.25) is 4.79 Å². The Morgan fingerprint density at radius 2 is 1.86 bits per heavy atom. The molecular weight excluding hydrogens is 462 g/mol. The van der Waals surface area contributed by atoms with E-state index in [1.165, 1.54) is 7.11 Å². The summed E-state index contributed by atoms with van der Waals surface area (Å²) in [6.45, 7) is 8.75. The summed E-state index contributed by atoms with van der Waals surface area (Å²) in [5, 5.41) is 0. The molecule has 0 saturated heterocycles. The zero-order valence-electron chi connectivity index (χ0n) is 21.7. The third kappa shape index (κ3) is 6.77. The smallest absolute Gasteiger partial charge is 0.249 e. The SMILES string of the molecule is COCC(=O)N(CCC(C)N)C(c1nc(-c2cc(F)ccc2F)cn1Cc1ccccc1)C(C)(C)C. The average Bonchev–Trinajstić information content (AvgIpc) is 3.20. The molecule has 1 heterocycles. The number of rotatable bonds is 10. The van der Waals surface area contributed by atoms with E-state index in [1.807, 2.05) is 62.6 Å². The molecule has 0 fully saturated rings. The lowest BCUT2D eigenvalue weighted by Crippen LogP contribution is -2.45.